The van der Waals surface area contributed by atoms with Crippen molar-refractivity contribution in [2.24, 2.45) is 5.92 Å². The van der Waals surface area contributed by atoms with Crippen molar-refractivity contribution in [1.82, 2.24) is 25.4 Å². The van der Waals surface area contributed by atoms with E-state index in [0.29, 0.717) is 24.0 Å². The van der Waals surface area contributed by atoms with Gasteiger partial charge in [0.25, 0.3) is 5.91 Å². The number of hydrogen-bond acceptors (Lipinski definition) is 4. The molecule has 0 radical (unpaired) electrons. The molecule has 1 saturated heterocycles. The quantitative estimate of drug-likeness (QED) is 0.875. The van der Waals surface area contributed by atoms with Crippen molar-refractivity contribution in [1.29, 1.82) is 0 Å². The van der Waals surface area contributed by atoms with Crippen molar-refractivity contribution in [3.8, 4) is 5.82 Å². The average molecular weight is 358 g/mol. The molecule has 0 aromatic carbocycles. The molecule has 0 bridgehead atoms. The zero-order chi connectivity index (χ0) is 14.5. The Labute approximate surface area is 147 Å². The lowest BCUT2D eigenvalue weighted by Gasteiger charge is -2.22. The fourth-order valence-corrected chi connectivity index (χ4v) is 2.51. The van der Waals surface area contributed by atoms with Crippen molar-refractivity contribution in [2.75, 3.05) is 19.6 Å². The molecule has 0 spiro atoms. The number of pyridine rings is 1. The summed E-state index contributed by atoms with van der Waals surface area (Å²) in [6.07, 6.45) is 5.82. The molecular formula is C15H21Cl2N5O. The molecule has 1 aliphatic rings. The van der Waals surface area contributed by atoms with Gasteiger partial charge in [0.1, 0.15) is 5.69 Å². The van der Waals surface area contributed by atoms with Crippen LogP contribution in [0.25, 0.3) is 5.82 Å². The van der Waals surface area contributed by atoms with Crippen LogP contribution in [0.15, 0.2) is 36.7 Å². The molecule has 1 atom stereocenters. The van der Waals surface area contributed by atoms with Gasteiger partial charge in [-0.2, -0.15) is 5.10 Å². The smallest absolute Gasteiger partial charge is 0.269 e. The molecule has 2 aromatic heterocycles. The third kappa shape index (κ3) is 5.20. The van der Waals surface area contributed by atoms with E-state index >= 15 is 0 Å². The van der Waals surface area contributed by atoms with Gasteiger partial charge in [0.2, 0.25) is 0 Å². The van der Waals surface area contributed by atoms with Gasteiger partial charge in [-0.15, -0.1) is 24.8 Å². The molecule has 3 rings (SSSR count). The first-order valence-electron chi connectivity index (χ1n) is 7.29. The Hall–Kier alpha value is -1.63. The molecule has 8 heteroatoms. The first kappa shape index (κ1) is 19.4. The number of piperidine rings is 1. The van der Waals surface area contributed by atoms with Crippen LogP contribution >= 0.6 is 24.8 Å². The molecule has 0 aliphatic carbocycles. The van der Waals surface area contributed by atoms with Crippen LogP contribution in [-0.4, -0.2) is 40.3 Å². The molecule has 0 saturated carbocycles. The lowest BCUT2D eigenvalue weighted by molar-refractivity contribution is 0.0940. The highest BCUT2D eigenvalue weighted by molar-refractivity contribution is 5.92. The lowest BCUT2D eigenvalue weighted by atomic mass is 10.00. The van der Waals surface area contributed by atoms with Gasteiger partial charge in [-0.05, 0) is 50.0 Å². The summed E-state index contributed by atoms with van der Waals surface area (Å²) in [6, 6.07) is 7.20. The van der Waals surface area contributed by atoms with E-state index in [1.54, 1.807) is 23.1 Å². The number of rotatable bonds is 4. The number of carbonyl (C=O) groups is 1. The fraction of sp³-hybridized carbons (Fsp3) is 0.400. The Bertz CT molecular complexity index is 600. The minimum absolute atomic E-state index is 0. The van der Waals surface area contributed by atoms with Crippen molar-refractivity contribution in [2.45, 2.75) is 12.8 Å². The highest BCUT2D eigenvalue weighted by Gasteiger charge is 2.15. The summed E-state index contributed by atoms with van der Waals surface area (Å²) in [5.41, 5.74) is 0.423. The van der Waals surface area contributed by atoms with Crippen molar-refractivity contribution in [3.05, 3.63) is 42.4 Å². The number of hydrogen-bond donors (Lipinski definition) is 2. The van der Waals surface area contributed by atoms with E-state index in [-0.39, 0.29) is 30.7 Å². The second-order valence-corrected chi connectivity index (χ2v) is 5.25. The maximum absolute atomic E-state index is 12.2. The Morgan fingerprint density at radius 2 is 2.22 bits per heavy atom. The van der Waals surface area contributed by atoms with E-state index in [0.717, 1.165) is 19.5 Å². The molecule has 2 aromatic rings. The van der Waals surface area contributed by atoms with E-state index in [2.05, 4.69) is 20.7 Å². The topological polar surface area (TPSA) is 71.8 Å². The maximum atomic E-state index is 12.2. The van der Waals surface area contributed by atoms with E-state index in [1.807, 2.05) is 18.2 Å². The normalized spacial score (nSPS) is 16.8. The largest absolute Gasteiger partial charge is 0.350 e. The van der Waals surface area contributed by atoms with E-state index < -0.39 is 0 Å². The molecular weight excluding hydrogens is 337 g/mol. The summed E-state index contributed by atoms with van der Waals surface area (Å²) in [5, 5.41) is 10.4. The number of aromatic nitrogens is 3. The van der Waals surface area contributed by atoms with E-state index in [9.17, 15) is 4.79 Å². The molecule has 1 fully saturated rings. The van der Waals surface area contributed by atoms with Crippen LogP contribution in [0.1, 0.15) is 23.3 Å². The van der Waals surface area contributed by atoms with E-state index in [1.165, 1.54) is 6.42 Å². The van der Waals surface area contributed by atoms with E-state index in [4.69, 9.17) is 0 Å². The summed E-state index contributed by atoms with van der Waals surface area (Å²) in [5.74, 6) is 1.03. The van der Waals surface area contributed by atoms with Crippen LogP contribution < -0.4 is 10.6 Å². The predicted molar refractivity (Wildman–Crippen MR) is 93.8 cm³/mol. The maximum Gasteiger partial charge on any atom is 0.269 e. The zero-order valence-corrected chi connectivity index (χ0v) is 14.3. The van der Waals surface area contributed by atoms with Crippen LogP contribution in [0, 0.1) is 5.92 Å². The molecule has 2 N–H and O–H groups in total. The molecule has 1 amide bonds. The van der Waals surface area contributed by atoms with Crippen LogP contribution in [0.4, 0.5) is 0 Å². The fourth-order valence-electron chi connectivity index (χ4n) is 2.51. The van der Waals surface area contributed by atoms with Crippen LogP contribution in [0.3, 0.4) is 0 Å². The summed E-state index contributed by atoms with van der Waals surface area (Å²) < 4.78 is 1.64. The van der Waals surface area contributed by atoms with Crippen LogP contribution in [0.2, 0.25) is 0 Å². The third-order valence-electron chi connectivity index (χ3n) is 3.66. The number of amides is 1. The van der Waals surface area contributed by atoms with Crippen molar-refractivity contribution >= 4 is 30.7 Å². The Morgan fingerprint density at radius 3 is 2.91 bits per heavy atom. The monoisotopic (exact) mass is 357 g/mol. The summed E-state index contributed by atoms with van der Waals surface area (Å²) in [6.45, 7) is 2.75. The van der Waals surface area contributed by atoms with Gasteiger partial charge in [0.15, 0.2) is 5.82 Å². The number of nitrogens with one attached hydrogen (secondary N) is 2. The number of nitrogens with zero attached hydrogens (tertiary/aromatic N) is 3. The number of halogens is 2. The third-order valence-corrected chi connectivity index (χ3v) is 3.66. The van der Waals surface area contributed by atoms with Gasteiger partial charge in [-0.1, -0.05) is 6.07 Å². The summed E-state index contributed by atoms with van der Waals surface area (Å²) in [7, 11) is 0. The summed E-state index contributed by atoms with van der Waals surface area (Å²) >= 11 is 0. The lowest BCUT2D eigenvalue weighted by Crippen LogP contribution is -2.38. The second-order valence-electron chi connectivity index (χ2n) is 5.25. The number of carbonyl (C=O) groups excluding carboxylic acids is 1. The minimum atomic E-state index is -0.130. The van der Waals surface area contributed by atoms with Gasteiger partial charge in [-0.25, -0.2) is 9.67 Å². The van der Waals surface area contributed by atoms with Gasteiger partial charge < -0.3 is 10.6 Å². The molecule has 6 nitrogen and oxygen atoms in total. The second kappa shape index (κ2) is 9.50. The van der Waals surface area contributed by atoms with Gasteiger partial charge in [0, 0.05) is 18.9 Å². The standard InChI is InChI=1S/C15H19N5O.2ClH/c21-15(17-11-12-4-2-7-16-10-12)13-5-1-6-14(19-13)20-9-3-8-18-20;;/h1,3,5-6,8-9,12,16H,2,4,7,10-11H2,(H,17,21);2*1H. The SMILES string of the molecule is Cl.Cl.O=C(NCC1CCCNC1)c1cccc(-n2cccn2)n1. The first-order valence-corrected chi connectivity index (χ1v) is 7.29. The van der Waals surface area contributed by atoms with Gasteiger partial charge in [0.05, 0.1) is 0 Å². The van der Waals surface area contributed by atoms with Crippen molar-refractivity contribution in [3.63, 3.8) is 0 Å². The first-order chi connectivity index (χ1) is 10.3. The molecule has 1 unspecified atom stereocenters. The Morgan fingerprint density at radius 1 is 1.35 bits per heavy atom. The average Bonchev–Trinajstić information content (AvgIpc) is 3.08. The van der Waals surface area contributed by atoms with Crippen LogP contribution in [0.5, 0.6) is 0 Å². The van der Waals surface area contributed by atoms with Crippen molar-refractivity contribution < 1.29 is 4.79 Å². The highest BCUT2D eigenvalue weighted by atomic mass is 35.5. The molecule has 1 aliphatic heterocycles. The Balaban J connectivity index is 0.00000132. The van der Waals surface area contributed by atoms with Gasteiger partial charge >= 0.3 is 0 Å². The zero-order valence-electron chi connectivity index (χ0n) is 12.6. The highest BCUT2D eigenvalue weighted by Crippen LogP contribution is 2.09. The van der Waals surface area contributed by atoms with Crippen LogP contribution in [-0.2, 0) is 0 Å². The molecule has 126 valence electrons. The summed E-state index contributed by atoms with van der Waals surface area (Å²) in [4.78, 5) is 16.5. The minimum Gasteiger partial charge on any atom is -0.350 e. The van der Waals surface area contributed by atoms with Gasteiger partial charge in [-0.3, -0.25) is 4.79 Å². The molecule has 3 heterocycles. The molecule has 23 heavy (non-hydrogen) atoms. The predicted octanol–water partition coefficient (Wildman–Crippen LogP) is 1.84. The Kier molecular flexibility index (Phi) is 8.02.